The number of carbonyl (C=O) groups is 1. The van der Waals surface area contributed by atoms with Gasteiger partial charge in [-0.15, -0.1) is 0 Å². The monoisotopic (exact) mass is 281 g/mol. The average Bonchev–Trinajstić information content (AvgIpc) is 3.37. The molecule has 4 nitrogen and oxygen atoms in total. The summed E-state index contributed by atoms with van der Waals surface area (Å²) in [5, 5.41) is 3.01. The Bertz CT molecular complexity index is 581. The van der Waals surface area contributed by atoms with E-state index in [0.717, 1.165) is 24.0 Å². The van der Waals surface area contributed by atoms with Gasteiger partial charge in [-0.3, -0.25) is 4.98 Å². The topological polar surface area (TPSA) is 45.2 Å². The third-order valence-electron chi connectivity index (χ3n) is 3.61. The van der Waals surface area contributed by atoms with Gasteiger partial charge in [-0.05, 0) is 30.0 Å². The van der Waals surface area contributed by atoms with Crippen LogP contribution in [0.25, 0.3) is 0 Å². The minimum Gasteiger partial charge on any atom is -0.334 e. The molecule has 0 radical (unpaired) electrons. The number of carbonyl (C=O) groups excluding carboxylic acids is 1. The predicted octanol–water partition coefficient (Wildman–Crippen LogP) is 2.96. The van der Waals surface area contributed by atoms with Crippen molar-refractivity contribution in [2.75, 3.05) is 0 Å². The Balaban J connectivity index is 1.60. The van der Waals surface area contributed by atoms with Gasteiger partial charge in [-0.1, -0.05) is 36.4 Å². The minimum absolute atomic E-state index is 0.00482. The molecule has 1 aliphatic rings. The van der Waals surface area contributed by atoms with Gasteiger partial charge in [0, 0.05) is 31.5 Å². The second kappa shape index (κ2) is 6.39. The molecule has 3 rings (SSSR count). The number of nitrogens with zero attached hydrogens (tertiary/aromatic N) is 2. The Morgan fingerprint density at radius 3 is 2.57 bits per heavy atom. The summed E-state index contributed by atoms with van der Waals surface area (Å²) < 4.78 is 0. The van der Waals surface area contributed by atoms with Crippen LogP contribution in [0, 0.1) is 0 Å². The molecule has 2 amide bonds. The number of rotatable bonds is 5. The lowest BCUT2D eigenvalue weighted by molar-refractivity contribution is 0.191. The summed E-state index contributed by atoms with van der Waals surface area (Å²) in [5.74, 6) is 0. The van der Waals surface area contributed by atoms with E-state index < -0.39 is 0 Å². The fraction of sp³-hybridized carbons (Fsp3) is 0.294. The van der Waals surface area contributed by atoms with Gasteiger partial charge in [-0.2, -0.15) is 0 Å². The highest BCUT2D eigenvalue weighted by molar-refractivity contribution is 5.75. The van der Waals surface area contributed by atoms with Gasteiger partial charge in [0.05, 0.1) is 0 Å². The smallest absolute Gasteiger partial charge is 0.318 e. The van der Waals surface area contributed by atoms with Crippen molar-refractivity contribution in [3.63, 3.8) is 0 Å². The Morgan fingerprint density at radius 2 is 1.90 bits per heavy atom. The molecule has 0 aliphatic heterocycles. The summed E-state index contributed by atoms with van der Waals surface area (Å²) in [6, 6.07) is 14.3. The van der Waals surface area contributed by atoms with Crippen molar-refractivity contribution < 1.29 is 4.79 Å². The quantitative estimate of drug-likeness (QED) is 0.915. The fourth-order valence-electron chi connectivity index (χ4n) is 2.32. The first-order valence-corrected chi connectivity index (χ1v) is 7.30. The first-order valence-electron chi connectivity index (χ1n) is 7.30. The maximum Gasteiger partial charge on any atom is 0.318 e. The highest BCUT2D eigenvalue weighted by Gasteiger charge is 2.32. The van der Waals surface area contributed by atoms with E-state index in [1.807, 2.05) is 53.6 Å². The van der Waals surface area contributed by atoms with Crippen LogP contribution < -0.4 is 5.32 Å². The Hall–Kier alpha value is -2.36. The number of nitrogens with one attached hydrogen (secondary N) is 1. The molecule has 1 aromatic heterocycles. The molecule has 0 atom stereocenters. The van der Waals surface area contributed by atoms with Crippen molar-refractivity contribution in [2.24, 2.45) is 0 Å². The van der Waals surface area contributed by atoms with E-state index in [0.29, 0.717) is 19.1 Å². The van der Waals surface area contributed by atoms with E-state index in [4.69, 9.17) is 0 Å². The summed E-state index contributed by atoms with van der Waals surface area (Å²) in [6.45, 7) is 1.19. The number of pyridine rings is 1. The molecular formula is C17H19N3O. The lowest BCUT2D eigenvalue weighted by Crippen LogP contribution is -2.40. The maximum absolute atomic E-state index is 12.4. The Labute approximate surface area is 124 Å². The Kier molecular flexibility index (Phi) is 4.15. The molecule has 0 saturated heterocycles. The maximum atomic E-state index is 12.4. The largest absolute Gasteiger partial charge is 0.334 e. The summed E-state index contributed by atoms with van der Waals surface area (Å²) in [4.78, 5) is 18.4. The Morgan fingerprint density at radius 1 is 1.14 bits per heavy atom. The summed E-state index contributed by atoms with van der Waals surface area (Å²) in [7, 11) is 0. The minimum atomic E-state index is 0.00482. The standard InChI is InChI=1S/C17H19N3O/c21-17(19-12-14-5-2-1-3-6-14)20(16-8-9-16)13-15-7-4-10-18-11-15/h1-7,10-11,16H,8-9,12-13H2,(H,19,21). The lowest BCUT2D eigenvalue weighted by atomic mass is 10.2. The van der Waals surface area contributed by atoms with E-state index in [9.17, 15) is 4.79 Å². The summed E-state index contributed by atoms with van der Waals surface area (Å²) in [6.07, 6.45) is 5.76. The molecule has 0 unspecified atom stereocenters. The first kappa shape index (κ1) is 13.6. The van der Waals surface area contributed by atoms with Gasteiger partial charge in [0.2, 0.25) is 0 Å². The third kappa shape index (κ3) is 3.81. The molecule has 1 aromatic carbocycles. The molecule has 0 spiro atoms. The first-order chi connectivity index (χ1) is 10.3. The van der Waals surface area contributed by atoms with Gasteiger partial charge in [0.15, 0.2) is 0 Å². The van der Waals surface area contributed by atoms with Gasteiger partial charge in [-0.25, -0.2) is 4.79 Å². The van der Waals surface area contributed by atoms with Gasteiger partial charge in [0.1, 0.15) is 0 Å². The highest BCUT2D eigenvalue weighted by Crippen LogP contribution is 2.28. The third-order valence-corrected chi connectivity index (χ3v) is 3.61. The van der Waals surface area contributed by atoms with Crippen LogP contribution in [-0.2, 0) is 13.1 Å². The molecule has 4 heteroatoms. The molecule has 108 valence electrons. The molecule has 1 fully saturated rings. The zero-order chi connectivity index (χ0) is 14.5. The van der Waals surface area contributed by atoms with Crippen molar-refractivity contribution in [3.05, 3.63) is 66.0 Å². The lowest BCUT2D eigenvalue weighted by Gasteiger charge is -2.23. The molecule has 2 aromatic rings. The number of amides is 2. The van der Waals surface area contributed by atoms with Gasteiger partial charge in [0.25, 0.3) is 0 Å². The van der Waals surface area contributed by atoms with Crippen LogP contribution in [0.5, 0.6) is 0 Å². The van der Waals surface area contributed by atoms with Crippen LogP contribution >= 0.6 is 0 Å². The molecule has 1 heterocycles. The number of urea groups is 1. The van der Waals surface area contributed by atoms with Crippen LogP contribution in [0.2, 0.25) is 0 Å². The van der Waals surface area contributed by atoms with Crippen LogP contribution in [0.3, 0.4) is 0 Å². The highest BCUT2D eigenvalue weighted by atomic mass is 16.2. The predicted molar refractivity (Wildman–Crippen MR) is 81.5 cm³/mol. The van der Waals surface area contributed by atoms with Crippen LogP contribution in [0.4, 0.5) is 4.79 Å². The second-order valence-electron chi connectivity index (χ2n) is 5.36. The van der Waals surface area contributed by atoms with Crippen molar-refractivity contribution in [2.45, 2.75) is 32.0 Å². The molecule has 1 aliphatic carbocycles. The number of benzene rings is 1. The van der Waals surface area contributed by atoms with Crippen molar-refractivity contribution in [1.82, 2.24) is 15.2 Å². The van der Waals surface area contributed by atoms with Crippen LogP contribution in [-0.4, -0.2) is 22.0 Å². The van der Waals surface area contributed by atoms with Crippen molar-refractivity contribution >= 4 is 6.03 Å². The number of aromatic nitrogens is 1. The number of hydrogen-bond acceptors (Lipinski definition) is 2. The second-order valence-corrected chi connectivity index (χ2v) is 5.36. The molecule has 0 bridgehead atoms. The van der Waals surface area contributed by atoms with Crippen molar-refractivity contribution in [3.8, 4) is 0 Å². The average molecular weight is 281 g/mol. The van der Waals surface area contributed by atoms with Crippen LogP contribution in [0.1, 0.15) is 24.0 Å². The van der Waals surface area contributed by atoms with E-state index >= 15 is 0 Å². The van der Waals surface area contributed by atoms with Crippen molar-refractivity contribution in [1.29, 1.82) is 0 Å². The van der Waals surface area contributed by atoms with Gasteiger partial charge < -0.3 is 10.2 Å². The van der Waals surface area contributed by atoms with E-state index in [1.54, 1.807) is 6.20 Å². The molecular weight excluding hydrogens is 262 g/mol. The van der Waals surface area contributed by atoms with E-state index in [-0.39, 0.29) is 6.03 Å². The van der Waals surface area contributed by atoms with E-state index in [1.165, 1.54) is 0 Å². The SMILES string of the molecule is O=C(NCc1ccccc1)N(Cc1cccnc1)C1CC1. The zero-order valence-corrected chi connectivity index (χ0v) is 11.9. The number of hydrogen-bond donors (Lipinski definition) is 1. The normalized spacial score (nSPS) is 13.7. The van der Waals surface area contributed by atoms with Gasteiger partial charge >= 0.3 is 6.03 Å². The zero-order valence-electron chi connectivity index (χ0n) is 11.9. The summed E-state index contributed by atoms with van der Waals surface area (Å²) in [5.41, 5.74) is 2.18. The molecule has 1 saturated carbocycles. The molecule has 1 N–H and O–H groups in total. The van der Waals surface area contributed by atoms with E-state index in [2.05, 4.69) is 10.3 Å². The molecule has 21 heavy (non-hydrogen) atoms. The van der Waals surface area contributed by atoms with Crippen LogP contribution in [0.15, 0.2) is 54.9 Å². The fourth-order valence-corrected chi connectivity index (χ4v) is 2.32. The summed E-state index contributed by atoms with van der Waals surface area (Å²) >= 11 is 0.